The van der Waals surface area contributed by atoms with Crippen LogP contribution in [0, 0.1) is 0 Å². The lowest BCUT2D eigenvalue weighted by atomic mass is 10.1. The van der Waals surface area contributed by atoms with Crippen molar-refractivity contribution in [2.75, 3.05) is 29.5 Å². The molecule has 1 aliphatic heterocycles. The van der Waals surface area contributed by atoms with Crippen LogP contribution in [-0.4, -0.2) is 45.6 Å². The van der Waals surface area contributed by atoms with Crippen molar-refractivity contribution < 1.29 is 9.90 Å². The highest BCUT2D eigenvalue weighted by Gasteiger charge is 2.18. The minimum atomic E-state index is -1.03. The fourth-order valence-electron chi connectivity index (χ4n) is 2.97. The molecule has 0 bridgehead atoms. The molecule has 134 valence electrons. The number of thiazole rings is 1. The van der Waals surface area contributed by atoms with E-state index in [2.05, 4.69) is 9.88 Å². The van der Waals surface area contributed by atoms with E-state index in [-0.39, 0.29) is 5.69 Å². The zero-order valence-corrected chi connectivity index (χ0v) is 16.2. The molecule has 1 fully saturated rings. The van der Waals surface area contributed by atoms with Gasteiger partial charge in [-0.1, -0.05) is 29.0 Å². The van der Waals surface area contributed by atoms with Crippen LogP contribution < -0.4 is 4.90 Å². The summed E-state index contributed by atoms with van der Waals surface area (Å²) in [4.78, 5) is 22.6. The number of benzene rings is 1. The monoisotopic (exact) mass is 405 g/mol. The third-order valence-corrected chi connectivity index (χ3v) is 6.43. The van der Waals surface area contributed by atoms with Crippen molar-refractivity contribution >= 4 is 56.0 Å². The molecule has 0 amide bonds. The third-order valence-electron chi connectivity index (χ3n) is 4.21. The summed E-state index contributed by atoms with van der Waals surface area (Å²) < 4.78 is 1.05. The van der Waals surface area contributed by atoms with Crippen molar-refractivity contribution in [1.29, 1.82) is 0 Å². The number of carbonyl (C=O) groups is 1. The van der Waals surface area contributed by atoms with E-state index >= 15 is 0 Å². The first-order chi connectivity index (χ1) is 12.6. The molecule has 5 nitrogen and oxygen atoms in total. The normalized spacial score (nSPS) is 14.7. The van der Waals surface area contributed by atoms with E-state index in [1.54, 1.807) is 17.4 Å². The van der Waals surface area contributed by atoms with Gasteiger partial charge >= 0.3 is 5.97 Å². The summed E-state index contributed by atoms with van der Waals surface area (Å²) in [5.74, 6) is 1.22. The van der Waals surface area contributed by atoms with Gasteiger partial charge in [0.05, 0.1) is 10.2 Å². The second kappa shape index (κ2) is 7.42. The summed E-state index contributed by atoms with van der Waals surface area (Å²) in [7, 11) is 0. The van der Waals surface area contributed by atoms with E-state index in [0.29, 0.717) is 17.1 Å². The topological polar surface area (TPSA) is 66.3 Å². The van der Waals surface area contributed by atoms with E-state index in [1.807, 2.05) is 30.0 Å². The fourth-order valence-corrected chi connectivity index (χ4v) is 5.28. The molecule has 3 aromatic rings. The highest BCUT2D eigenvalue weighted by Crippen LogP contribution is 2.34. The summed E-state index contributed by atoms with van der Waals surface area (Å²) in [5.41, 5.74) is 2.63. The number of nitrogens with zero attached hydrogens (tertiary/aromatic N) is 3. The molecule has 0 saturated carbocycles. The lowest BCUT2D eigenvalue weighted by Crippen LogP contribution is -2.32. The van der Waals surface area contributed by atoms with Crippen molar-refractivity contribution in [2.24, 2.45) is 0 Å². The Balaban J connectivity index is 1.71. The lowest BCUT2D eigenvalue weighted by Gasteiger charge is -2.25. The average Bonchev–Trinajstić information content (AvgIpc) is 3.07. The number of carboxylic acids is 1. The maximum absolute atomic E-state index is 11.1. The molecule has 1 saturated heterocycles. The first-order valence-electron chi connectivity index (χ1n) is 8.21. The highest BCUT2D eigenvalue weighted by molar-refractivity contribution is 7.99. The summed E-state index contributed by atoms with van der Waals surface area (Å²) in [6.07, 6.45) is 0.497. The molecule has 1 N–H and O–H groups in total. The molecule has 26 heavy (non-hydrogen) atoms. The number of aromatic carboxylic acids is 1. The van der Waals surface area contributed by atoms with E-state index in [1.165, 1.54) is 6.07 Å². The van der Waals surface area contributed by atoms with Crippen LogP contribution in [0.25, 0.3) is 10.2 Å². The Labute approximate surface area is 164 Å². The highest BCUT2D eigenvalue weighted by atomic mass is 35.5. The summed E-state index contributed by atoms with van der Waals surface area (Å²) >= 11 is 9.94. The minimum absolute atomic E-state index is 0.0468. The Morgan fingerprint density at radius 2 is 2.04 bits per heavy atom. The van der Waals surface area contributed by atoms with Gasteiger partial charge in [0.2, 0.25) is 0 Å². The number of thioether (sulfide) groups is 1. The van der Waals surface area contributed by atoms with Gasteiger partial charge in [-0.3, -0.25) is 0 Å². The summed E-state index contributed by atoms with van der Waals surface area (Å²) in [5, 5.41) is 10.8. The van der Waals surface area contributed by atoms with Gasteiger partial charge in [-0.2, -0.15) is 11.8 Å². The van der Waals surface area contributed by atoms with Crippen molar-refractivity contribution in [3.63, 3.8) is 0 Å². The van der Waals surface area contributed by atoms with Gasteiger partial charge in [0.25, 0.3) is 0 Å². The number of hydrogen-bond acceptors (Lipinski definition) is 6. The smallest absolute Gasteiger partial charge is 0.354 e. The van der Waals surface area contributed by atoms with Crippen LogP contribution in [-0.2, 0) is 6.42 Å². The van der Waals surface area contributed by atoms with Gasteiger partial charge in [-0.15, -0.1) is 0 Å². The number of hydrogen-bond donors (Lipinski definition) is 1. The Bertz CT molecular complexity index is 970. The number of anilines is 1. The van der Waals surface area contributed by atoms with Crippen LogP contribution in [0.2, 0.25) is 5.02 Å². The predicted molar refractivity (Wildman–Crippen MR) is 108 cm³/mol. The molecular formula is C18H16ClN3O2S2. The molecule has 4 rings (SSSR count). The van der Waals surface area contributed by atoms with Crippen LogP contribution >= 0.6 is 34.7 Å². The largest absolute Gasteiger partial charge is 0.477 e. The summed E-state index contributed by atoms with van der Waals surface area (Å²) in [6, 6.07) is 8.88. The molecule has 3 heterocycles. The molecule has 0 unspecified atom stereocenters. The molecule has 0 aliphatic carbocycles. The maximum Gasteiger partial charge on any atom is 0.354 e. The van der Waals surface area contributed by atoms with Gasteiger partial charge in [0, 0.05) is 41.7 Å². The zero-order valence-electron chi connectivity index (χ0n) is 13.8. The van der Waals surface area contributed by atoms with Crippen molar-refractivity contribution in [2.45, 2.75) is 6.42 Å². The van der Waals surface area contributed by atoms with E-state index in [9.17, 15) is 4.79 Å². The van der Waals surface area contributed by atoms with Crippen LogP contribution in [0.5, 0.6) is 0 Å². The minimum Gasteiger partial charge on any atom is -0.477 e. The molecule has 2 aromatic heterocycles. The second-order valence-electron chi connectivity index (χ2n) is 6.00. The predicted octanol–water partition coefficient (Wildman–Crippen LogP) is 4.19. The standard InChI is InChI=1S/C18H16ClN3O2S2/c19-12-8-11(9-13-2-1-3-14(20-13)17(23)24)16-15(10-12)26-18(21-16)22-4-6-25-7-5-22/h1-3,8,10H,4-7,9H2,(H,23,24). The zero-order chi connectivity index (χ0) is 18.1. The van der Waals surface area contributed by atoms with Crippen LogP contribution in [0.15, 0.2) is 30.3 Å². The second-order valence-corrected chi connectivity index (χ2v) is 8.67. The Hall–Kier alpha value is -1.83. The van der Waals surface area contributed by atoms with Gasteiger partial charge < -0.3 is 10.0 Å². The number of halogens is 1. The third kappa shape index (κ3) is 3.65. The molecule has 1 aliphatic rings. The Kier molecular flexibility index (Phi) is 5.02. The number of carboxylic acid groups (broad SMARTS) is 1. The first kappa shape index (κ1) is 17.6. The molecule has 0 radical (unpaired) electrons. The lowest BCUT2D eigenvalue weighted by molar-refractivity contribution is 0.0690. The van der Waals surface area contributed by atoms with Crippen LogP contribution in [0.1, 0.15) is 21.7 Å². The quantitative estimate of drug-likeness (QED) is 0.702. The van der Waals surface area contributed by atoms with Gasteiger partial charge in [0.15, 0.2) is 5.13 Å². The number of rotatable bonds is 4. The molecule has 0 spiro atoms. The SMILES string of the molecule is O=C(O)c1cccc(Cc2cc(Cl)cc3sc(N4CCSCC4)nc23)n1. The summed E-state index contributed by atoms with van der Waals surface area (Å²) in [6.45, 7) is 2.02. The number of fused-ring (bicyclic) bond motifs is 1. The van der Waals surface area contributed by atoms with E-state index in [4.69, 9.17) is 21.7 Å². The molecular weight excluding hydrogens is 390 g/mol. The van der Waals surface area contributed by atoms with Crippen molar-refractivity contribution in [3.8, 4) is 0 Å². The van der Waals surface area contributed by atoms with Crippen LogP contribution in [0.4, 0.5) is 5.13 Å². The molecule has 0 atom stereocenters. The first-order valence-corrected chi connectivity index (χ1v) is 10.6. The maximum atomic E-state index is 11.1. The average molecular weight is 406 g/mol. The Morgan fingerprint density at radius 3 is 2.81 bits per heavy atom. The number of aromatic nitrogens is 2. The van der Waals surface area contributed by atoms with Gasteiger partial charge in [-0.25, -0.2) is 14.8 Å². The van der Waals surface area contributed by atoms with Crippen molar-refractivity contribution in [1.82, 2.24) is 9.97 Å². The van der Waals surface area contributed by atoms with Crippen LogP contribution in [0.3, 0.4) is 0 Å². The van der Waals surface area contributed by atoms with E-state index in [0.717, 1.165) is 45.5 Å². The molecule has 1 aromatic carbocycles. The van der Waals surface area contributed by atoms with Gasteiger partial charge in [0.1, 0.15) is 5.69 Å². The molecule has 8 heteroatoms. The Morgan fingerprint density at radius 1 is 1.23 bits per heavy atom. The van der Waals surface area contributed by atoms with Gasteiger partial charge in [-0.05, 0) is 29.8 Å². The van der Waals surface area contributed by atoms with E-state index < -0.39 is 5.97 Å². The number of pyridine rings is 1. The fraction of sp³-hybridized carbons (Fsp3) is 0.278. The van der Waals surface area contributed by atoms with Crippen molar-refractivity contribution in [3.05, 3.63) is 52.3 Å².